The van der Waals surface area contributed by atoms with Crippen molar-refractivity contribution >= 4 is 11.0 Å². The number of hydrogen-bond donors (Lipinski definition) is 1. The van der Waals surface area contributed by atoms with Crippen molar-refractivity contribution in [2.24, 2.45) is 0 Å². The molecule has 0 bridgehead atoms. The highest BCUT2D eigenvalue weighted by atomic mass is 16.3. The normalized spacial score (nSPS) is 12.7. The number of aryl methyl sites for hydroxylation is 2. The number of benzene rings is 2. The summed E-state index contributed by atoms with van der Waals surface area (Å²) in [5.41, 5.74) is 3.34. The summed E-state index contributed by atoms with van der Waals surface area (Å²) in [6.07, 6.45) is 1.10. The predicted octanol–water partition coefficient (Wildman–Crippen LogP) is 3.72. The number of rotatable bonds is 5. The smallest absolute Gasteiger partial charge is 0.138 e. The van der Waals surface area contributed by atoms with E-state index in [1.165, 1.54) is 5.56 Å². The minimum Gasteiger partial charge on any atom is -0.385 e. The van der Waals surface area contributed by atoms with Crippen molar-refractivity contribution in [1.29, 1.82) is 0 Å². The number of fused-ring (bicyclic) bond motifs is 1. The van der Waals surface area contributed by atoms with E-state index in [9.17, 15) is 5.11 Å². The second-order valence-electron chi connectivity index (χ2n) is 5.27. The summed E-state index contributed by atoms with van der Waals surface area (Å²) in [6, 6.07) is 18.5. The van der Waals surface area contributed by atoms with Crippen LogP contribution in [0.25, 0.3) is 11.0 Å². The fraction of sp³-hybridized carbons (Fsp3) is 0.278. The summed E-state index contributed by atoms with van der Waals surface area (Å²) in [7, 11) is 0. The fourth-order valence-electron chi connectivity index (χ4n) is 2.65. The predicted molar refractivity (Wildman–Crippen MR) is 85.1 cm³/mol. The fourth-order valence-corrected chi connectivity index (χ4v) is 2.65. The molecular formula is C18H20N2O. The van der Waals surface area contributed by atoms with Gasteiger partial charge < -0.3 is 9.67 Å². The Hall–Kier alpha value is -2.13. The summed E-state index contributed by atoms with van der Waals surface area (Å²) in [5.74, 6) is 0.773. The summed E-state index contributed by atoms with van der Waals surface area (Å²) < 4.78 is 2.15. The SMILES string of the molecule is CC[C@H](O)c1nc2ccccc2n1CCc1ccccc1. The summed E-state index contributed by atoms with van der Waals surface area (Å²) in [4.78, 5) is 4.61. The highest BCUT2D eigenvalue weighted by Crippen LogP contribution is 2.23. The van der Waals surface area contributed by atoms with Crippen LogP contribution in [-0.2, 0) is 13.0 Å². The van der Waals surface area contributed by atoms with Gasteiger partial charge in [0.25, 0.3) is 0 Å². The molecule has 3 rings (SSSR count). The van der Waals surface area contributed by atoms with E-state index in [1.807, 2.05) is 31.2 Å². The van der Waals surface area contributed by atoms with Crippen molar-refractivity contribution in [1.82, 2.24) is 9.55 Å². The molecule has 2 aromatic carbocycles. The first-order valence-electron chi connectivity index (χ1n) is 7.46. The van der Waals surface area contributed by atoms with Crippen LogP contribution in [0.2, 0.25) is 0 Å². The molecule has 0 aliphatic rings. The summed E-state index contributed by atoms with van der Waals surface area (Å²) >= 11 is 0. The second kappa shape index (κ2) is 6.10. The molecule has 0 fully saturated rings. The zero-order chi connectivity index (χ0) is 14.7. The van der Waals surface area contributed by atoms with Gasteiger partial charge in [-0.05, 0) is 30.5 Å². The van der Waals surface area contributed by atoms with Gasteiger partial charge in [0.1, 0.15) is 11.9 Å². The van der Waals surface area contributed by atoms with Crippen molar-refractivity contribution in [2.45, 2.75) is 32.4 Å². The molecule has 1 N–H and O–H groups in total. The molecule has 3 heteroatoms. The van der Waals surface area contributed by atoms with Gasteiger partial charge in [0.2, 0.25) is 0 Å². The topological polar surface area (TPSA) is 38.1 Å². The van der Waals surface area contributed by atoms with Crippen LogP contribution < -0.4 is 0 Å². The molecular weight excluding hydrogens is 260 g/mol. The van der Waals surface area contributed by atoms with E-state index in [1.54, 1.807) is 0 Å². The van der Waals surface area contributed by atoms with Gasteiger partial charge in [-0.1, -0.05) is 49.4 Å². The lowest BCUT2D eigenvalue weighted by molar-refractivity contribution is 0.159. The average Bonchev–Trinajstić information content (AvgIpc) is 2.92. The minimum absolute atomic E-state index is 0.506. The average molecular weight is 280 g/mol. The third-order valence-corrected chi connectivity index (χ3v) is 3.84. The quantitative estimate of drug-likeness (QED) is 0.773. The minimum atomic E-state index is -0.506. The summed E-state index contributed by atoms with van der Waals surface area (Å²) in [5, 5.41) is 10.2. The maximum absolute atomic E-state index is 10.2. The van der Waals surface area contributed by atoms with E-state index in [2.05, 4.69) is 39.9 Å². The number of hydrogen-bond acceptors (Lipinski definition) is 2. The van der Waals surface area contributed by atoms with Gasteiger partial charge in [-0.2, -0.15) is 0 Å². The van der Waals surface area contributed by atoms with Crippen LogP contribution in [0.4, 0.5) is 0 Å². The number of aliphatic hydroxyl groups excluding tert-OH is 1. The molecule has 0 saturated heterocycles. The van der Waals surface area contributed by atoms with Crippen LogP contribution in [0, 0.1) is 0 Å². The van der Waals surface area contributed by atoms with Crippen molar-refractivity contribution in [3.63, 3.8) is 0 Å². The molecule has 0 aliphatic heterocycles. The molecule has 3 aromatic rings. The van der Waals surface area contributed by atoms with E-state index >= 15 is 0 Å². The van der Waals surface area contributed by atoms with Crippen LogP contribution in [-0.4, -0.2) is 14.7 Å². The number of imidazole rings is 1. The van der Waals surface area contributed by atoms with Crippen LogP contribution in [0.1, 0.15) is 30.8 Å². The Morgan fingerprint density at radius 1 is 1.05 bits per heavy atom. The first-order valence-corrected chi connectivity index (χ1v) is 7.46. The van der Waals surface area contributed by atoms with E-state index < -0.39 is 6.10 Å². The molecule has 0 aliphatic carbocycles. The molecule has 0 radical (unpaired) electrons. The van der Waals surface area contributed by atoms with E-state index in [4.69, 9.17) is 0 Å². The Kier molecular flexibility index (Phi) is 4.02. The highest BCUT2D eigenvalue weighted by Gasteiger charge is 2.16. The van der Waals surface area contributed by atoms with Crippen molar-refractivity contribution in [2.75, 3.05) is 0 Å². The molecule has 0 spiro atoms. The number of aliphatic hydroxyl groups is 1. The lowest BCUT2D eigenvalue weighted by Crippen LogP contribution is -2.10. The van der Waals surface area contributed by atoms with Gasteiger partial charge in [0, 0.05) is 6.54 Å². The zero-order valence-electron chi connectivity index (χ0n) is 12.2. The molecule has 3 nitrogen and oxygen atoms in total. The lowest BCUT2D eigenvalue weighted by atomic mass is 10.1. The van der Waals surface area contributed by atoms with Gasteiger partial charge in [-0.15, -0.1) is 0 Å². The van der Waals surface area contributed by atoms with Gasteiger partial charge in [-0.3, -0.25) is 0 Å². The zero-order valence-corrected chi connectivity index (χ0v) is 12.2. The first-order chi connectivity index (χ1) is 10.3. The molecule has 108 valence electrons. The largest absolute Gasteiger partial charge is 0.385 e. The van der Waals surface area contributed by atoms with Crippen LogP contribution in [0.3, 0.4) is 0 Å². The molecule has 1 heterocycles. The molecule has 21 heavy (non-hydrogen) atoms. The maximum Gasteiger partial charge on any atom is 0.138 e. The third kappa shape index (κ3) is 2.83. The van der Waals surface area contributed by atoms with Crippen molar-refractivity contribution in [3.05, 3.63) is 66.0 Å². The van der Waals surface area contributed by atoms with E-state index in [0.717, 1.165) is 29.8 Å². The van der Waals surface area contributed by atoms with Gasteiger partial charge in [-0.25, -0.2) is 4.98 Å². The Morgan fingerprint density at radius 3 is 2.52 bits per heavy atom. The monoisotopic (exact) mass is 280 g/mol. The third-order valence-electron chi connectivity index (χ3n) is 3.84. The van der Waals surface area contributed by atoms with Gasteiger partial charge >= 0.3 is 0 Å². The maximum atomic E-state index is 10.2. The first kappa shape index (κ1) is 13.8. The molecule has 0 saturated carbocycles. The summed E-state index contributed by atoms with van der Waals surface area (Å²) in [6.45, 7) is 2.81. The Morgan fingerprint density at radius 2 is 1.76 bits per heavy atom. The van der Waals surface area contributed by atoms with Crippen molar-refractivity contribution < 1.29 is 5.11 Å². The van der Waals surface area contributed by atoms with Crippen molar-refractivity contribution in [3.8, 4) is 0 Å². The number of nitrogens with zero attached hydrogens (tertiary/aromatic N) is 2. The Labute approximate surface area is 124 Å². The molecule has 0 amide bonds. The standard InChI is InChI=1S/C18H20N2O/c1-2-17(21)18-19-15-10-6-7-11-16(15)20(18)13-12-14-8-4-3-5-9-14/h3-11,17,21H,2,12-13H2,1H3/t17-/m0/s1. The second-order valence-corrected chi connectivity index (χ2v) is 5.27. The van der Waals surface area contributed by atoms with E-state index in [-0.39, 0.29) is 0 Å². The Bertz CT molecular complexity index is 718. The van der Waals surface area contributed by atoms with Crippen LogP contribution >= 0.6 is 0 Å². The lowest BCUT2D eigenvalue weighted by Gasteiger charge is -2.12. The highest BCUT2D eigenvalue weighted by molar-refractivity contribution is 5.76. The van der Waals surface area contributed by atoms with Gasteiger partial charge in [0.05, 0.1) is 11.0 Å². The number of para-hydroxylation sites is 2. The number of aromatic nitrogens is 2. The van der Waals surface area contributed by atoms with Gasteiger partial charge in [0.15, 0.2) is 0 Å². The van der Waals surface area contributed by atoms with Crippen LogP contribution in [0.15, 0.2) is 54.6 Å². The molecule has 1 aromatic heterocycles. The molecule has 1 atom stereocenters. The van der Waals surface area contributed by atoms with E-state index in [0.29, 0.717) is 6.42 Å². The molecule has 0 unspecified atom stereocenters. The van der Waals surface area contributed by atoms with Crippen LogP contribution in [0.5, 0.6) is 0 Å². The Balaban J connectivity index is 1.95.